The molecule has 30 heavy (non-hydrogen) atoms. The van der Waals surface area contributed by atoms with Crippen LogP contribution in [0.15, 0.2) is 36.4 Å². The third-order valence-electron chi connectivity index (χ3n) is 5.42. The average molecular weight is 420 g/mol. The number of amides is 1. The van der Waals surface area contributed by atoms with E-state index in [0.717, 1.165) is 27.0 Å². The molecule has 2 N–H and O–H groups in total. The fourth-order valence-electron chi connectivity index (χ4n) is 3.99. The van der Waals surface area contributed by atoms with Gasteiger partial charge in [0.05, 0.1) is 23.0 Å². The molecule has 1 amide bonds. The first kappa shape index (κ1) is 18.6. The number of aromatic hydroxyl groups is 1. The lowest BCUT2D eigenvalue weighted by Gasteiger charge is -2.24. The molecule has 1 atom stereocenters. The second-order valence-electron chi connectivity index (χ2n) is 7.46. The minimum atomic E-state index is -0.186. The van der Waals surface area contributed by atoms with Gasteiger partial charge in [-0.3, -0.25) is 4.79 Å². The molecule has 152 valence electrons. The van der Waals surface area contributed by atoms with E-state index in [1.165, 1.54) is 12.7 Å². The van der Waals surface area contributed by atoms with Crippen molar-refractivity contribution in [3.63, 3.8) is 0 Å². The van der Waals surface area contributed by atoms with Crippen molar-refractivity contribution in [1.29, 1.82) is 0 Å². The molecule has 2 aromatic heterocycles. The number of phenols is 1. The van der Waals surface area contributed by atoms with Crippen LogP contribution in [0.25, 0.3) is 15.3 Å². The highest BCUT2D eigenvalue weighted by atomic mass is 32.1. The lowest BCUT2D eigenvalue weighted by atomic mass is 9.85. The molecule has 4 aromatic rings. The van der Waals surface area contributed by atoms with E-state index in [2.05, 4.69) is 18.3 Å². The number of nitrogens with zero attached hydrogens (tertiary/aromatic N) is 3. The molecule has 0 unspecified atom stereocenters. The highest BCUT2D eigenvalue weighted by molar-refractivity contribution is 7.20. The molecule has 0 bridgehead atoms. The molecule has 3 heterocycles. The van der Waals surface area contributed by atoms with Gasteiger partial charge in [0.1, 0.15) is 5.82 Å². The molecule has 0 saturated carbocycles. The van der Waals surface area contributed by atoms with E-state index in [1.807, 2.05) is 25.1 Å². The van der Waals surface area contributed by atoms with Crippen molar-refractivity contribution in [2.24, 2.45) is 0 Å². The Balaban J connectivity index is 1.66. The number of rotatable bonds is 3. The first-order chi connectivity index (χ1) is 14.4. The molecule has 1 aliphatic rings. The van der Waals surface area contributed by atoms with Crippen molar-refractivity contribution in [2.45, 2.75) is 26.2 Å². The molecule has 0 fully saturated rings. The van der Waals surface area contributed by atoms with Gasteiger partial charge in [-0.15, -0.1) is 0 Å². The van der Waals surface area contributed by atoms with Crippen molar-refractivity contribution >= 4 is 33.3 Å². The van der Waals surface area contributed by atoms with E-state index in [9.17, 15) is 9.90 Å². The molecule has 2 aromatic carbocycles. The number of phenolic OH excluding ortho intramolecular Hbond substituents is 1. The van der Waals surface area contributed by atoms with E-state index in [0.29, 0.717) is 23.1 Å². The first-order valence-electron chi connectivity index (χ1n) is 9.58. The number of ether oxygens (including phenoxy) is 1. The number of anilines is 1. The van der Waals surface area contributed by atoms with Crippen LogP contribution in [-0.2, 0) is 4.79 Å². The number of benzene rings is 2. The van der Waals surface area contributed by atoms with E-state index in [1.54, 1.807) is 28.2 Å². The molecular formula is C22H20N4O3S. The molecule has 0 saturated heterocycles. The summed E-state index contributed by atoms with van der Waals surface area (Å²) in [6.45, 7) is 3.99. The lowest BCUT2D eigenvalue weighted by Crippen LogP contribution is -2.24. The Morgan fingerprint density at radius 3 is 2.87 bits per heavy atom. The zero-order valence-electron chi connectivity index (χ0n) is 16.8. The maximum Gasteiger partial charge on any atom is 0.226 e. The summed E-state index contributed by atoms with van der Waals surface area (Å²) in [6.07, 6.45) is 0.298. The number of hydrogen-bond donors (Lipinski definition) is 2. The normalized spacial score (nSPS) is 15.8. The van der Waals surface area contributed by atoms with Crippen LogP contribution in [0.2, 0.25) is 0 Å². The minimum Gasteiger partial charge on any atom is -0.504 e. The van der Waals surface area contributed by atoms with Crippen LogP contribution in [0.5, 0.6) is 11.5 Å². The van der Waals surface area contributed by atoms with Gasteiger partial charge in [0.15, 0.2) is 11.5 Å². The van der Waals surface area contributed by atoms with Gasteiger partial charge in [0.2, 0.25) is 11.0 Å². The van der Waals surface area contributed by atoms with E-state index in [-0.39, 0.29) is 17.6 Å². The second-order valence-corrected chi connectivity index (χ2v) is 8.47. The summed E-state index contributed by atoms with van der Waals surface area (Å²) >= 11 is 1.54. The summed E-state index contributed by atoms with van der Waals surface area (Å²) in [5.74, 6) is 0.827. The maximum absolute atomic E-state index is 12.6. The van der Waals surface area contributed by atoms with Gasteiger partial charge in [0.25, 0.3) is 0 Å². The minimum absolute atomic E-state index is 0.0684. The van der Waals surface area contributed by atoms with Crippen molar-refractivity contribution < 1.29 is 14.6 Å². The Bertz CT molecular complexity index is 1310. The van der Waals surface area contributed by atoms with Gasteiger partial charge in [0, 0.05) is 17.9 Å². The van der Waals surface area contributed by atoms with Crippen molar-refractivity contribution in [2.75, 3.05) is 12.4 Å². The van der Waals surface area contributed by atoms with Crippen LogP contribution in [0.4, 0.5) is 5.82 Å². The van der Waals surface area contributed by atoms with Crippen LogP contribution in [0.3, 0.4) is 0 Å². The summed E-state index contributed by atoms with van der Waals surface area (Å²) in [4.78, 5) is 17.3. The zero-order chi connectivity index (χ0) is 21.0. The summed E-state index contributed by atoms with van der Waals surface area (Å²) in [6, 6.07) is 11.3. The molecule has 7 nitrogen and oxygen atoms in total. The quantitative estimate of drug-likeness (QED) is 0.516. The monoisotopic (exact) mass is 420 g/mol. The SMILES string of the molecule is COc1cc([C@H]2CC(=O)Nc3c2c(C)nn3-c2nc3ccc(C)cc3s2)ccc1O. The lowest BCUT2D eigenvalue weighted by molar-refractivity contribution is -0.116. The predicted molar refractivity (Wildman–Crippen MR) is 116 cm³/mol. The number of carbonyl (C=O) groups is 1. The highest BCUT2D eigenvalue weighted by Crippen LogP contribution is 2.42. The summed E-state index contributed by atoms with van der Waals surface area (Å²) in [7, 11) is 1.51. The summed E-state index contributed by atoms with van der Waals surface area (Å²) < 4.78 is 8.07. The molecule has 0 spiro atoms. The van der Waals surface area contributed by atoms with Crippen LogP contribution in [-0.4, -0.2) is 32.9 Å². The third-order valence-corrected chi connectivity index (χ3v) is 6.42. The van der Waals surface area contributed by atoms with Gasteiger partial charge in [-0.1, -0.05) is 23.5 Å². The molecular weight excluding hydrogens is 400 g/mol. The topological polar surface area (TPSA) is 89.3 Å². The molecule has 1 aliphatic heterocycles. The number of aromatic nitrogens is 3. The third kappa shape index (κ3) is 2.91. The van der Waals surface area contributed by atoms with Gasteiger partial charge in [-0.05, 0) is 49.2 Å². The standard InChI is InChI=1S/C22H20N4O3S/c1-11-4-6-15-18(8-11)30-22(23-15)26-21-20(12(2)25-26)14(10-19(28)24-21)13-5-7-16(27)17(9-13)29-3/h4-9,14,27H,10H2,1-3H3,(H,24,28)/t14-/m1/s1. The Labute approximate surface area is 176 Å². The van der Waals surface area contributed by atoms with Gasteiger partial charge in [-0.25, -0.2) is 4.98 Å². The fraction of sp³-hybridized carbons (Fsp3) is 0.227. The van der Waals surface area contributed by atoms with Gasteiger partial charge < -0.3 is 15.2 Å². The van der Waals surface area contributed by atoms with Crippen molar-refractivity contribution in [3.05, 3.63) is 58.8 Å². The Hall–Kier alpha value is -3.39. The van der Waals surface area contributed by atoms with Crippen LogP contribution in [0.1, 0.15) is 34.7 Å². The molecule has 5 rings (SSSR count). The number of aryl methyl sites for hydroxylation is 2. The van der Waals surface area contributed by atoms with E-state index < -0.39 is 0 Å². The van der Waals surface area contributed by atoms with E-state index in [4.69, 9.17) is 14.8 Å². The van der Waals surface area contributed by atoms with Crippen molar-refractivity contribution in [1.82, 2.24) is 14.8 Å². The van der Waals surface area contributed by atoms with Gasteiger partial charge >= 0.3 is 0 Å². The number of thiazole rings is 1. The van der Waals surface area contributed by atoms with Gasteiger partial charge in [-0.2, -0.15) is 9.78 Å². The average Bonchev–Trinajstić information content (AvgIpc) is 3.28. The summed E-state index contributed by atoms with van der Waals surface area (Å²) in [5, 5.41) is 18.4. The molecule has 0 aliphatic carbocycles. The van der Waals surface area contributed by atoms with Crippen LogP contribution >= 0.6 is 11.3 Å². The Morgan fingerprint density at radius 2 is 2.07 bits per heavy atom. The van der Waals surface area contributed by atoms with Crippen LogP contribution in [0, 0.1) is 13.8 Å². The second kappa shape index (κ2) is 6.84. The number of methoxy groups -OCH3 is 1. The zero-order valence-corrected chi connectivity index (χ0v) is 17.6. The number of nitrogens with one attached hydrogen (secondary N) is 1. The predicted octanol–water partition coefficient (Wildman–Crippen LogP) is 4.29. The largest absolute Gasteiger partial charge is 0.504 e. The van der Waals surface area contributed by atoms with Crippen LogP contribution < -0.4 is 10.1 Å². The number of carbonyl (C=O) groups excluding carboxylic acids is 1. The Kier molecular flexibility index (Phi) is 4.25. The molecule has 8 heteroatoms. The first-order valence-corrected chi connectivity index (χ1v) is 10.4. The molecule has 0 radical (unpaired) electrons. The van der Waals surface area contributed by atoms with Crippen molar-refractivity contribution in [3.8, 4) is 16.6 Å². The highest BCUT2D eigenvalue weighted by Gasteiger charge is 2.33. The number of hydrogen-bond acceptors (Lipinski definition) is 6. The number of fused-ring (bicyclic) bond motifs is 2. The fourth-order valence-corrected chi connectivity index (χ4v) is 5.01. The summed E-state index contributed by atoms with van der Waals surface area (Å²) in [5.41, 5.74) is 4.76. The smallest absolute Gasteiger partial charge is 0.226 e. The maximum atomic E-state index is 12.6. The van der Waals surface area contributed by atoms with E-state index >= 15 is 0 Å². The Morgan fingerprint density at radius 1 is 1.23 bits per heavy atom.